The summed E-state index contributed by atoms with van der Waals surface area (Å²) in [5.41, 5.74) is 8.58. The Morgan fingerprint density at radius 3 is 2.74 bits per heavy atom. The van der Waals surface area contributed by atoms with Gasteiger partial charge in [0.25, 0.3) is 0 Å². The van der Waals surface area contributed by atoms with E-state index in [1.54, 1.807) is 13.3 Å². The molecule has 2 aromatic heterocycles. The molecule has 7 heteroatoms. The molecule has 0 spiro atoms. The van der Waals surface area contributed by atoms with Gasteiger partial charge in [-0.15, -0.1) is 0 Å². The van der Waals surface area contributed by atoms with Crippen LogP contribution >= 0.6 is 11.8 Å². The Morgan fingerprint density at radius 2 is 1.85 bits per heavy atom. The minimum absolute atomic E-state index is 0.484. The fourth-order valence-corrected chi connectivity index (χ4v) is 3.59. The predicted octanol–water partition coefficient (Wildman–Crippen LogP) is 4.51. The summed E-state index contributed by atoms with van der Waals surface area (Å²) in [4.78, 5) is 14.1. The van der Waals surface area contributed by atoms with Crippen molar-refractivity contribution in [2.45, 2.75) is 9.92 Å². The highest BCUT2D eigenvalue weighted by Crippen LogP contribution is 2.36. The molecule has 0 radical (unpaired) electrons. The van der Waals surface area contributed by atoms with E-state index < -0.39 is 0 Å². The standard InChI is InChI=1S/C20H17N5OS/c1-26-15-8-3-7-14(11-15)25-19-17(21)20(24-12-23-19)27-16-9-2-5-13-6-4-10-22-18(13)16/h2-12H,21H2,1H3,(H,23,24,25). The largest absolute Gasteiger partial charge is 0.497 e. The van der Waals surface area contributed by atoms with Crippen LogP contribution in [0.5, 0.6) is 5.75 Å². The summed E-state index contributed by atoms with van der Waals surface area (Å²) in [5, 5.41) is 4.97. The number of nitrogen functional groups attached to an aromatic ring is 1. The Morgan fingerprint density at radius 1 is 1.00 bits per heavy atom. The zero-order chi connectivity index (χ0) is 18.6. The number of anilines is 3. The molecule has 6 nitrogen and oxygen atoms in total. The number of hydrogen-bond acceptors (Lipinski definition) is 7. The van der Waals surface area contributed by atoms with Gasteiger partial charge in [0.05, 0.1) is 12.6 Å². The van der Waals surface area contributed by atoms with Crippen LogP contribution in [0.4, 0.5) is 17.2 Å². The van der Waals surface area contributed by atoms with Gasteiger partial charge in [0.2, 0.25) is 0 Å². The van der Waals surface area contributed by atoms with Crippen molar-refractivity contribution in [3.63, 3.8) is 0 Å². The first-order valence-electron chi connectivity index (χ1n) is 8.28. The summed E-state index contributed by atoms with van der Waals surface area (Å²) < 4.78 is 5.25. The van der Waals surface area contributed by atoms with E-state index in [4.69, 9.17) is 10.5 Å². The van der Waals surface area contributed by atoms with E-state index in [-0.39, 0.29) is 0 Å². The van der Waals surface area contributed by atoms with Crippen LogP contribution in [0.1, 0.15) is 0 Å². The highest BCUT2D eigenvalue weighted by molar-refractivity contribution is 7.99. The molecule has 4 aromatic rings. The average Bonchev–Trinajstić information content (AvgIpc) is 2.71. The number of rotatable bonds is 5. The average molecular weight is 375 g/mol. The molecule has 0 amide bonds. The Hall–Kier alpha value is -3.32. The Balaban J connectivity index is 1.65. The number of hydrogen-bond donors (Lipinski definition) is 2. The number of ether oxygens (including phenoxy) is 1. The van der Waals surface area contributed by atoms with Crippen molar-refractivity contribution in [2.24, 2.45) is 0 Å². The van der Waals surface area contributed by atoms with E-state index >= 15 is 0 Å². The normalized spacial score (nSPS) is 10.7. The van der Waals surface area contributed by atoms with E-state index in [1.807, 2.05) is 54.6 Å². The Kier molecular flexibility index (Phi) is 4.76. The van der Waals surface area contributed by atoms with Gasteiger partial charge in [0.15, 0.2) is 5.82 Å². The molecule has 0 fully saturated rings. The van der Waals surface area contributed by atoms with Crippen LogP contribution in [0, 0.1) is 0 Å². The van der Waals surface area contributed by atoms with Crippen molar-refractivity contribution in [2.75, 3.05) is 18.2 Å². The first-order chi connectivity index (χ1) is 13.2. The minimum Gasteiger partial charge on any atom is -0.497 e. The van der Waals surface area contributed by atoms with Gasteiger partial charge in [-0.25, -0.2) is 9.97 Å². The van der Waals surface area contributed by atoms with Crippen LogP contribution in [-0.2, 0) is 0 Å². The topological polar surface area (TPSA) is 86.0 Å². The van der Waals surface area contributed by atoms with Crippen LogP contribution in [0.2, 0.25) is 0 Å². The number of methoxy groups -OCH3 is 1. The zero-order valence-corrected chi connectivity index (χ0v) is 15.4. The third-order valence-corrected chi connectivity index (χ3v) is 5.05. The van der Waals surface area contributed by atoms with E-state index in [0.29, 0.717) is 16.5 Å². The fraction of sp³-hybridized carbons (Fsp3) is 0.0500. The number of nitrogens with two attached hydrogens (primary N) is 1. The monoisotopic (exact) mass is 375 g/mol. The van der Waals surface area contributed by atoms with E-state index in [2.05, 4.69) is 20.3 Å². The lowest BCUT2D eigenvalue weighted by Crippen LogP contribution is -2.02. The molecular weight excluding hydrogens is 358 g/mol. The molecule has 134 valence electrons. The summed E-state index contributed by atoms with van der Waals surface area (Å²) in [5.74, 6) is 1.30. The van der Waals surface area contributed by atoms with E-state index in [9.17, 15) is 0 Å². The minimum atomic E-state index is 0.484. The van der Waals surface area contributed by atoms with Crippen LogP contribution in [0.3, 0.4) is 0 Å². The van der Waals surface area contributed by atoms with Gasteiger partial charge in [-0.1, -0.05) is 36.0 Å². The molecule has 0 bridgehead atoms. The maximum Gasteiger partial charge on any atom is 0.158 e. The molecule has 0 saturated carbocycles. The summed E-state index contributed by atoms with van der Waals surface area (Å²) in [6.45, 7) is 0. The molecule has 0 atom stereocenters. The quantitative estimate of drug-likeness (QED) is 0.496. The Labute approximate surface area is 160 Å². The van der Waals surface area contributed by atoms with Crippen molar-refractivity contribution in [1.82, 2.24) is 15.0 Å². The number of aromatic nitrogens is 3. The smallest absolute Gasteiger partial charge is 0.158 e. The van der Waals surface area contributed by atoms with Gasteiger partial charge in [-0.05, 0) is 24.3 Å². The van der Waals surface area contributed by atoms with Crippen LogP contribution in [-0.4, -0.2) is 22.1 Å². The SMILES string of the molecule is COc1cccc(Nc2ncnc(Sc3cccc4cccnc34)c2N)c1. The van der Waals surface area contributed by atoms with Crippen LogP contribution in [0.25, 0.3) is 10.9 Å². The van der Waals surface area contributed by atoms with Crippen molar-refractivity contribution in [3.8, 4) is 5.75 Å². The van der Waals surface area contributed by atoms with Gasteiger partial charge < -0.3 is 15.8 Å². The zero-order valence-electron chi connectivity index (χ0n) is 14.6. The fourth-order valence-electron chi connectivity index (χ4n) is 2.66. The number of pyridine rings is 1. The third kappa shape index (κ3) is 3.63. The van der Waals surface area contributed by atoms with Gasteiger partial charge in [-0.2, -0.15) is 0 Å². The lowest BCUT2D eigenvalue weighted by molar-refractivity contribution is 0.415. The molecule has 27 heavy (non-hydrogen) atoms. The maximum absolute atomic E-state index is 6.33. The van der Waals surface area contributed by atoms with Gasteiger partial charge in [0.1, 0.15) is 22.8 Å². The number of nitrogens with zero attached hydrogens (tertiary/aromatic N) is 3. The summed E-state index contributed by atoms with van der Waals surface area (Å²) >= 11 is 1.47. The number of fused-ring (bicyclic) bond motifs is 1. The molecular formula is C20H17N5OS. The second-order valence-electron chi connectivity index (χ2n) is 5.73. The predicted molar refractivity (Wildman–Crippen MR) is 109 cm³/mol. The molecule has 0 aliphatic heterocycles. The third-order valence-electron chi connectivity index (χ3n) is 3.98. The molecule has 2 aromatic carbocycles. The highest BCUT2D eigenvalue weighted by Gasteiger charge is 2.12. The lowest BCUT2D eigenvalue weighted by atomic mass is 10.2. The lowest BCUT2D eigenvalue weighted by Gasteiger charge is -2.12. The molecule has 0 unspecified atom stereocenters. The van der Waals surface area contributed by atoms with E-state index in [0.717, 1.165) is 27.2 Å². The molecule has 0 aliphatic carbocycles. The van der Waals surface area contributed by atoms with Crippen molar-refractivity contribution in [3.05, 3.63) is 67.1 Å². The van der Waals surface area contributed by atoms with E-state index in [1.165, 1.54) is 18.1 Å². The second kappa shape index (κ2) is 7.51. The van der Waals surface area contributed by atoms with Crippen molar-refractivity contribution >= 4 is 39.9 Å². The van der Waals surface area contributed by atoms with Crippen molar-refractivity contribution in [1.29, 1.82) is 0 Å². The van der Waals surface area contributed by atoms with Crippen molar-refractivity contribution < 1.29 is 4.74 Å². The summed E-state index contributed by atoms with van der Waals surface area (Å²) in [6.07, 6.45) is 3.28. The highest BCUT2D eigenvalue weighted by atomic mass is 32.2. The number of nitrogens with one attached hydrogen (secondary N) is 1. The van der Waals surface area contributed by atoms with Gasteiger partial charge in [-0.3, -0.25) is 4.98 Å². The first-order valence-corrected chi connectivity index (χ1v) is 9.09. The second-order valence-corrected chi connectivity index (χ2v) is 6.76. The van der Waals surface area contributed by atoms with Gasteiger partial charge >= 0.3 is 0 Å². The number of benzene rings is 2. The summed E-state index contributed by atoms with van der Waals surface area (Å²) in [6, 6.07) is 17.6. The molecule has 0 aliphatic rings. The Bertz CT molecular complexity index is 1100. The summed E-state index contributed by atoms with van der Waals surface area (Å²) in [7, 11) is 1.63. The molecule has 4 rings (SSSR count). The van der Waals surface area contributed by atoms with Crippen LogP contribution < -0.4 is 15.8 Å². The number of para-hydroxylation sites is 1. The molecule has 0 saturated heterocycles. The van der Waals surface area contributed by atoms with Gasteiger partial charge in [0, 0.05) is 28.2 Å². The molecule has 2 heterocycles. The van der Waals surface area contributed by atoms with Crippen LogP contribution in [0.15, 0.2) is 77.0 Å². The molecule has 3 N–H and O–H groups in total. The maximum atomic E-state index is 6.33. The first kappa shape index (κ1) is 17.1.